The summed E-state index contributed by atoms with van der Waals surface area (Å²) in [5.41, 5.74) is 2.15. The predicted molar refractivity (Wildman–Crippen MR) is 135 cm³/mol. The maximum atomic E-state index is 12.7. The van der Waals surface area contributed by atoms with E-state index in [0.29, 0.717) is 12.1 Å². The summed E-state index contributed by atoms with van der Waals surface area (Å²) in [5, 5.41) is 6.20. The van der Waals surface area contributed by atoms with Crippen molar-refractivity contribution in [2.75, 3.05) is 26.1 Å². The number of carbonyl (C=O) groups excluding carboxylic acids is 1. The average Bonchev–Trinajstić information content (AvgIpc) is 3.18. The summed E-state index contributed by atoms with van der Waals surface area (Å²) in [6, 6.07) is 14.8. The van der Waals surface area contributed by atoms with Crippen LogP contribution in [0.2, 0.25) is 0 Å². The Kier molecular flexibility index (Phi) is 7.19. The highest BCUT2D eigenvalue weighted by Crippen LogP contribution is 2.50. The highest BCUT2D eigenvalue weighted by molar-refractivity contribution is 9.10. The monoisotopic (exact) mass is 515 g/mol. The summed E-state index contributed by atoms with van der Waals surface area (Å²) in [4.78, 5) is 15.3. The minimum absolute atomic E-state index is 0.0583. The van der Waals surface area contributed by atoms with Crippen molar-refractivity contribution in [1.29, 1.82) is 0 Å². The van der Waals surface area contributed by atoms with E-state index in [1.807, 2.05) is 30.3 Å². The fourth-order valence-corrected chi connectivity index (χ4v) is 6.13. The zero-order chi connectivity index (χ0) is 23.6. The molecule has 2 aromatic rings. The lowest BCUT2D eigenvalue weighted by Crippen LogP contribution is -2.54. The fourth-order valence-electron chi connectivity index (χ4n) is 5.74. The highest BCUT2D eigenvalue weighted by Gasteiger charge is 2.52. The number of hydrogen-bond donors (Lipinski definition) is 2. The molecule has 7 heteroatoms. The van der Waals surface area contributed by atoms with Gasteiger partial charge in [-0.1, -0.05) is 28.1 Å². The van der Waals surface area contributed by atoms with E-state index in [9.17, 15) is 4.79 Å². The molecule has 178 valence electrons. The number of nitrogens with one attached hydrogen (secondary N) is 2. The van der Waals surface area contributed by atoms with Crippen LogP contribution in [0.1, 0.15) is 45.1 Å². The SMILES string of the molecule is COc1ccc([C@@]23CC[C@@H](NC(=O)Nc4cccc(Br)c4)C[C@@H]2N(C(C)C)CC3)cc1OC. The van der Waals surface area contributed by atoms with Gasteiger partial charge < -0.3 is 20.1 Å². The van der Waals surface area contributed by atoms with Crippen LogP contribution < -0.4 is 20.1 Å². The first-order chi connectivity index (χ1) is 15.9. The molecule has 2 aromatic carbocycles. The molecule has 0 aromatic heterocycles. The molecular weight excluding hydrogens is 482 g/mol. The van der Waals surface area contributed by atoms with E-state index >= 15 is 0 Å². The molecule has 0 unspecified atom stereocenters. The van der Waals surface area contributed by atoms with Crippen molar-refractivity contribution < 1.29 is 14.3 Å². The lowest BCUT2D eigenvalue weighted by molar-refractivity contribution is 0.113. The maximum Gasteiger partial charge on any atom is 0.319 e. The number of benzene rings is 2. The molecule has 3 atom stereocenters. The molecule has 1 aliphatic heterocycles. The molecule has 0 bridgehead atoms. The van der Waals surface area contributed by atoms with Crippen molar-refractivity contribution >= 4 is 27.6 Å². The molecule has 0 radical (unpaired) electrons. The number of halogens is 1. The van der Waals surface area contributed by atoms with Gasteiger partial charge in [0.05, 0.1) is 14.2 Å². The van der Waals surface area contributed by atoms with Crippen molar-refractivity contribution in [1.82, 2.24) is 10.2 Å². The van der Waals surface area contributed by atoms with Gasteiger partial charge in [-0.25, -0.2) is 4.79 Å². The van der Waals surface area contributed by atoms with E-state index in [1.54, 1.807) is 14.2 Å². The number of fused-ring (bicyclic) bond motifs is 1. The number of amides is 2. The number of hydrogen-bond acceptors (Lipinski definition) is 4. The van der Waals surface area contributed by atoms with Crippen LogP contribution >= 0.6 is 15.9 Å². The summed E-state index contributed by atoms with van der Waals surface area (Å²) in [6.45, 7) is 5.59. The molecule has 1 saturated heterocycles. The Bertz CT molecular complexity index is 998. The van der Waals surface area contributed by atoms with Crippen LogP contribution in [0.5, 0.6) is 11.5 Å². The number of anilines is 1. The summed E-state index contributed by atoms with van der Waals surface area (Å²) < 4.78 is 12.0. The van der Waals surface area contributed by atoms with E-state index in [1.165, 1.54) is 5.56 Å². The minimum Gasteiger partial charge on any atom is -0.493 e. The number of nitrogens with zero attached hydrogens (tertiary/aromatic N) is 1. The van der Waals surface area contributed by atoms with Gasteiger partial charge in [0.1, 0.15) is 0 Å². The van der Waals surface area contributed by atoms with Crippen molar-refractivity contribution in [3.8, 4) is 11.5 Å². The van der Waals surface area contributed by atoms with Crippen LogP contribution in [0.25, 0.3) is 0 Å². The molecule has 1 saturated carbocycles. The van der Waals surface area contributed by atoms with Gasteiger partial charge in [0.25, 0.3) is 0 Å². The number of rotatable bonds is 6. The van der Waals surface area contributed by atoms with Crippen LogP contribution in [0.4, 0.5) is 10.5 Å². The van der Waals surface area contributed by atoms with Crippen LogP contribution in [0.15, 0.2) is 46.9 Å². The third-order valence-electron chi connectivity index (χ3n) is 7.34. The van der Waals surface area contributed by atoms with E-state index in [0.717, 1.165) is 53.9 Å². The molecule has 33 heavy (non-hydrogen) atoms. The fraction of sp³-hybridized carbons (Fsp3) is 0.500. The molecule has 0 spiro atoms. The molecule has 2 N–H and O–H groups in total. The Labute approximate surface area is 205 Å². The lowest BCUT2D eigenvalue weighted by Gasteiger charge is -2.46. The van der Waals surface area contributed by atoms with Crippen LogP contribution in [0, 0.1) is 0 Å². The molecule has 1 aliphatic carbocycles. The molecule has 2 amide bonds. The first-order valence-corrected chi connectivity index (χ1v) is 12.5. The average molecular weight is 516 g/mol. The van der Waals surface area contributed by atoms with Crippen molar-refractivity contribution in [2.24, 2.45) is 0 Å². The summed E-state index contributed by atoms with van der Waals surface area (Å²) in [6.07, 6.45) is 4.02. The third kappa shape index (κ3) is 4.85. The normalized spacial score (nSPS) is 24.9. The molecule has 2 aliphatic rings. The second-order valence-electron chi connectivity index (χ2n) is 9.40. The lowest BCUT2D eigenvalue weighted by atomic mass is 9.65. The van der Waals surface area contributed by atoms with Gasteiger partial charge in [-0.05, 0) is 82.0 Å². The van der Waals surface area contributed by atoms with Crippen LogP contribution in [-0.4, -0.2) is 49.8 Å². The molecular formula is C26H34BrN3O3. The second kappa shape index (κ2) is 9.94. The standard InChI is InChI=1S/C26H34BrN3O3/c1-17(2)30-13-12-26(18-8-9-22(32-3)23(14-18)33-4)11-10-21(16-24(26)30)29-25(31)28-20-7-5-6-19(27)15-20/h5-9,14-15,17,21,24H,10-13,16H2,1-4H3,(H2,28,29,31)/t21-,24+,26+/m1/s1. The number of likely N-dealkylation sites (tertiary alicyclic amines) is 1. The number of carbonyl (C=O) groups is 1. The summed E-state index contributed by atoms with van der Waals surface area (Å²) in [5.74, 6) is 1.53. The Morgan fingerprint density at radius 2 is 1.91 bits per heavy atom. The van der Waals surface area contributed by atoms with E-state index in [-0.39, 0.29) is 17.5 Å². The van der Waals surface area contributed by atoms with Gasteiger partial charge in [0, 0.05) is 33.7 Å². The third-order valence-corrected chi connectivity index (χ3v) is 7.83. The molecule has 1 heterocycles. The van der Waals surface area contributed by atoms with E-state index < -0.39 is 0 Å². The zero-order valence-corrected chi connectivity index (χ0v) is 21.4. The van der Waals surface area contributed by atoms with Gasteiger partial charge in [-0.15, -0.1) is 0 Å². The smallest absolute Gasteiger partial charge is 0.319 e. The Balaban J connectivity index is 1.53. The molecule has 4 rings (SSSR count). The van der Waals surface area contributed by atoms with Crippen molar-refractivity contribution in [3.05, 3.63) is 52.5 Å². The molecule has 2 fully saturated rings. The van der Waals surface area contributed by atoms with Crippen LogP contribution in [0.3, 0.4) is 0 Å². The van der Waals surface area contributed by atoms with Crippen molar-refractivity contribution in [3.63, 3.8) is 0 Å². The summed E-state index contributed by atoms with van der Waals surface area (Å²) in [7, 11) is 3.36. The highest BCUT2D eigenvalue weighted by atomic mass is 79.9. The van der Waals surface area contributed by atoms with Gasteiger partial charge in [0.15, 0.2) is 11.5 Å². The summed E-state index contributed by atoms with van der Waals surface area (Å²) >= 11 is 3.45. The minimum atomic E-state index is -0.147. The van der Waals surface area contributed by atoms with Crippen molar-refractivity contribution in [2.45, 2.75) is 63.1 Å². The second-order valence-corrected chi connectivity index (χ2v) is 10.3. The van der Waals surface area contributed by atoms with E-state index in [4.69, 9.17) is 9.47 Å². The van der Waals surface area contributed by atoms with Crippen LogP contribution in [-0.2, 0) is 5.41 Å². The zero-order valence-electron chi connectivity index (χ0n) is 19.9. The Morgan fingerprint density at radius 1 is 1.12 bits per heavy atom. The topological polar surface area (TPSA) is 62.8 Å². The Morgan fingerprint density at radius 3 is 2.61 bits per heavy atom. The number of methoxy groups -OCH3 is 2. The van der Waals surface area contributed by atoms with E-state index in [2.05, 4.69) is 57.4 Å². The van der Waals surface area contributed by atoms with Gasteiger partial charge in [-0.3, -0.25) is 4.90 Å². The number of urea groups is 1. The largest absolute Gasteiger partial charge is 0.493 e. The maximum absolute atomic E-state index is 12.7. The van der Waals surface area contributed by atoms with Gasteiger partial charge in [0.2, 0.25) is 0 Å². The predicted octanol–water partition coefficient (Wildman–Crippen LogP) is 5.56. The van der Waals surface area contributed by atoms with Gasteiger partial charge >= 0.3 is 6.03 Å². The molecule has 6 nitrogen and oxygen atoms in total. The first-order valence-electron chi connectivity index (χ1n) is 11.7. The first kappa shape index (κ1) is 23.9. The van der Waals surface area contributed by atoms with Gasteiger partial charge in [-0.2, -0.15) is 0 Å². The number of ether oxygens (including phenoxy) is 2. The quantitative estimate of drug-likeness (QED) is 0.528. The Hall–Kier alpha value is -2.25.